The van der Waals surface area contributed by atoms with Gasteiger partial charge < -0.3 is 4.90 Å². The van der Waals surface area contributed by atoms with Crippen molar-refractivity contribution in [1.29, 1.82) is 0 Å². The lowest BCUT2D eigenvalue weighted by atomic mass is 10.1. The maximum Gasteiger partial charge on any atom is 0.416 e. The van der Waals surface area contributed by atoms with Crippen LogP contribution in [0, 0.1) is 0 Å². The maximum atomic E-state index is 12.7. The van der Waals surface area contributed by atoms with Crippen molar-refractivity contribution in [3.8, 4) is 0 Å². The molecule has 1 aliphatic heterocycles. The molecule has 20 heavy (non-hydrogen) atoms. The average molecular weight is 348 g/mol. The maximum absolute atomic E-state index is 12.7. The summed E-state index contributed by atoms with van der Waals surface area (Å²) >= 11 is 3.15. The summed E-state index contributed by atoms with van der Waals surface area (Å²) in [6.07, 6.45) is -1.78. The number of nitrogens with zero attached hydrogens (tertiary/aromatic N) is 1. The van der Waals surface area contributed by atoms with Crippen molar-refractivity contribution >= 4 is 21.8 Å². The summed E-state index contributed by atoms with van der Waals surface area (Å²) in [5, 5.41) is 0. The summed E-state index contributed by atoms with van der Waals surface area (Å²) in [5.74, 6) is -0.383. The summed E-state index contributed by atoms with van der Waals surface area (Å²) < 4.78 is 38.5. The van der Waals surface area contributed by atoms with E-state index in [9.17, 15) is 18.0 Å². The van der Waals surface area contributed by atoms with E-state index >= 15 is 0 Å². The molecule has 108 valence electrons. The summed E-state index contributed by atoms with van der Waals surface area (Å²) in [6, 6.07) is 3.12. The van der Waals surface area contributed by atoms with Gasteiger partial charge in [0.25, 0.3) is 5.91 Å². The number of rotatable bonds is 1. The van der Waals surface area contributed by atoms with Gasteiger partial charge in [-0.1, -0.05) is 11.6 Å². The first-order chi connectivity index (χ1) is 9.29. The predicted molar refractivity (Wildman–Crippen MR) is 73.4 cm³/mol. The smallest absolute Gasteiger partial charge is 0.335 e. The topological polar surface area (TPSA) is 20.3 Å². The molecule has 0 bridgehead atoms. The van der Waals surface area contributed by atoms with E-state index < -0.39 is 11.7 Å². The Morgan fingerprint density at radius 3 is 2.60 bits per heavy atom. The number of halogens is 4. The fraction of sp³-hybridized carbons (Fsp3) is 0.357. The lowest BCUT2D eigenvalue weighted by Gasteiger charge is -2.26. The molecular weight excluding hydrogens is 335 g/mol. The largest absolute Gasteiger partial charge is 0.416 e. The summed E-state index contributed by atoms with van der Waals surface area (Å²) in [6.45, 7) is 2.94. The van der Waals surface area contributed by atoms with E-state index in [-0.39, 0.29) is 11.5 Å². The van der Waals surface area contributed by atoms with Crippen molar-refractivity contribution in [3.05, 3.63) is 45.4 Å². The SMILES string of the molecule is CC1=CCN(C(=O)c2cc(C(F)(F)F)ccc2Br)CC1. The summed E-state index contributed by atoms with van der Waals surface area (Å²) in [7, 11) is 0. The molecule has 1 amide bonds. The Bertz CT molecular complexity index is 566. The molecular formula is C14H13BrF3NO. The first-order valence-electron chi connectivity index (χ1n) is 6.10. The van der Waals surface area contributed by atoms with Crippen LogP contribution in [0.25, 0.3) is 0 Å². The first-order valence-corrected chi connectivity index (χ1v) is 6.90. The van der Waals surface area contributed by atoms with Crippen molar-refractivity contribution in [3.63, 3.8) is 0 Å². The van der Waals surface area contributed by atoms with Gasteiger partial charge in [0.05, 0.1) is 11.1 Å². The normalized spacial score (nSPS) is 16.1. The lowest BCUT2D eigenvalue weighted by molar-refractivity contribution is -0.137. The molecule has 1 aromatic rings. The Morgan fingerprint density at radius 2 is 2.05 bits per heavy atom. The van der Waals surface area contributed by atoms with Crippen LogP contribution in [-0.2, 0) is 6.18 Å². The van der Waals surface area contributed by atoms with Gasteiger partial charge in [0, 0.05) is 17.6 Å². The van der Waals surface area contributed by atoms with Crippen LogP contribution in [0.3, 0.4) is 0 Å². The molecule has 0 saturated carbocycles. The van der Waals surface area contributed by atoms with E-state index in [4.69, 9.17) is 0 Å². The molecule has 6 heteroatoms. The van der Waals surface area contributed by atoms with Crippen LogP contribution in [0.4, 0.5) is 13.2 Å². The number of hydrogen-bond donors (Lipinski definition) is 0. The molecule has 0 aromatic heterocycles. The molecule has 1 heterocycles. The van der Waals surface area contributed by atoms with Crippen LogP contribution < -0.4 is 0 Å². The zero-order valence-corrected chi connectivity index (χ0v) is 12.4. The lowest BCUT2D eigenvalue weighted by Crippen LogP contribution is -2.35. The van der Waals surface area contributed by atoms with E-state index in [2.05, 4.69) is 15.9 Å². The Labute approximate surface area is 123 Å². The van der Waals surface area contributed by atoms with Gasteiger partial charge in [0.15, 0.2) is 0 Å². The van der Waals surface area contributed by atoms with Crippen molar-refractivity contribution in [2.24, 2.45) is 0 Å². The molecule has 0 N–H and O–H groups in total. The van der Waals surface area contributed by atoms with Crippen LogP contribution >= 0.6 is 15.9 Å². The summed E-state index contributed by atoms with van der Waals surface area (Å²) in [5.41, 5.74) is 0.428. The second-order valence-corrected chi connectivity index (χ2v) is 5.60. The van der Waals surface area contributed by atoms with Crippen molar-refractivity contribution in [2.45, 2.75) is 19.5 Å². The quantitative estimate of drug-likeness (QED) is 0.695. The standard InChI is InChI=1S/C14H13BrF3NO/c1-9-4-6-19(7-5-9)13(20)11-8-10(14(16,17)18)2-3-12(11)15/h2-4,8H,5-7H2,1H3. The van der Waals surface area contributed by atoms with Gasteiger partial charge in [0.1, 0.15) is 0 Å². The highest BCUT2D eigenvalue weighted by atomic mass is 79.9. The Morgan fingerprint density at radius 1 is 1.35 bits per heavy atom. The third kappa shape index (κ3) is 3.23. The van der Waals surface area contributed by atoms with E-state index in [0.717, 1.165) is 18.6 Å². The highest BCUT2D eigenvalue weighted by Gasteiger charge is 2.32. The number of alkyl halides is 3. The van der Waals surface area contributed by atoms with Gasteiger partial charge in [0.2, 0.25) is 0 Å². The van der Waals surface area contributed by atoms with Crippen molar-refractivity contribution in [1.82, 2.24) is 4.90 Å². The monoisotopic (exact) mass is 347 g/mol. The van der Waals surface area contributed by atoms with Crippen LogP contribution in [0.2, 0.25) is 0 Å². The highest BCUT2D eigenvalue weighted by Crippen LogP contribution is 2.32. The van der Waals surface area contributed by atoms with E-state index in [0.29, 0.717) is 17.6 Å². The van der Waals surface area contributed by atoms with E-state index in [1.54, 1.807) is 4.90 Å². The van der Waals surface area contributed by atoms with E-state index in [1.807, 2.05) is 13.0 Å². The molecule has 0 aliphatic carbocycles. The van der Waals surface area contributed by atoms with Crippen LogP contribution in [0.15, 0.2) is 34.3 Å². The molecule has 0 atom stereocenters. The fourth-order valence-corrected chi connectivity index (χ4v) is 2.41. The van der Waals surface area contributed by atoms with Gasteiger partial charge in [-0.2, -0.15) is 13.2 Å². The van der Waals surface area contributed by atoms with Crippen molar-refractivity contribution < 1.29 is 18.0 Å². The second kappa shape index (κ2) is 5.60. The average Bonchev–Trinajstić information content (AvgIpc) is 2.38. The molecule has 0 unspecified atom stereocenters. The minimum atomic E-state index is -4.45. The minimum absolute atomic E-state index is 0.0489. The summed E-state index contributed by atoms with van der Waals surface area (Å²) in [4.78, 5) is 13.9. The van der Waals surface area contributed by atoms with Gasteiger partial charge in [-0.15, -0.1) is 0 Å². The van der Waals surface area contributed by atoms with Gasteiger partial charge >= 0.3 is 6.18 Å². The number of carbonyl (C=O) groups is 1. The molecule has 2 nitrogen and oxygen atoms in total. The number of hydrogen-bond acceptors (Lipinski definition) is 1. The Balaban J connectivity index is 2.30. The number of amides is 1. The predicted octanol–water partition coefficient (Wildman–Crippen LogP) is 4.26. The second-order valence-electron chi connectivity index (χ2n) is 4.74. The zero-order chi connectivity index (χ0) is 14.9. The minimum Gasteiger partial charge on any atom is -0.335 e. The van der Waals surface area contributed by atoms with Gasteiger partial charge in [-0.3, -0.25) is 4.79 Å². The molecule has 0 saturated heterocycles. The molecule has 1 aromatic carbocycles. The Kier molecular flexibility index (Phi) is 4.22. The van der Waals surface area contributed by atoms with Gasteiger partial charge in [-0.05, 0) is 47.5 Å². The third-order valence-corrected chi connectivity index (χ3v) is 3.94. The van der Waals surface area contributed by atoms with Gasteiger partial charge in [-0.25, -0.2) is 0 Å². The zero-order valence-electron chi connectivity index (χ0n) is 10.8. The van der Waals surface area contributed by atoms with Crippen LogP contribution in [0.1, 0.15) is 29.3 Å². The molecule has 1 aliphatic rings. The molecule has 0 spiro atoms. The highest BCUT2D eigenvalue weighted by molar-refractivity contribution is 9.10. The van der Waals surface area contributed by atoms with Crippen LogP contribution in [-0.4, -0.2) is 23.9 Å². The van der Waals surface area contributed by atoms with Crippen molar-refractivity contribution in [2.75, 3.05) is 13.1 Å². The molecule has 2 rings (SSSR count). The number of carbonyl (C=O) groups excluding carboxylic acids is 1. The van der Waals surface area contributed by atoms with E-state index in [1.165, 1.54) is 11.6 Å². The first kappa shape index (κ1) is 15.1. The molecule has 0 fully saturated rings. The molecule has 0 radical (unpaired) electrons. The number of benzene rings is 1. The fourth-order valence-electron chi connectivity index (χ4n) is 1.99. The van der Waals surface area contributed by atoms with Crippen LogP contribution in [0.5, 0.6) is 0 Å². The third-order valence-electron chi connectivity index (χ3n) is 3.25. The Hall–Kier alpha value is -1.30.